The highest BCUT2D eigenvalue weighted by atomic mass is 79.9. The van der Waals surface area contributed by atoms with Gasteiger partial charge in [0, 0.05) is 36.1 Å². The molecule has 5 aromatic carbocycles. The number of rotatable bonds is 5. The second-order valence-corrected chi connectivity index (χ2v) is 23.1. The lowest BCUT2D eigenvalue weighted by Gasteiger charge is -2.32. The zero-order chi connectivity index (χ0) is 44.9. The van der Waals surface area contributed by atoms with Gasteiger partial charge in [0.05, 0.1) is 21.0 Å². The third-order valence-electron chi connectivity index (χ3n) is 9.33. The van der Waals surface area contributed by atoms with Gasteiger partial charge >= 0.3 is 7.12 Å². The van der Waals surface area contributed by atoms with E-state index in [0.717, 1.165) is 26.0 Å². The summed E-state index contributed by atoms with van der Waals surface area (Å²) >= 11 is 14.5. The summed E-state index contributed by atoms with van der Waals surface area (Å²) < 4.78 is 59.4. The van der Waals surface area contributed by atoms with Crippen LogP contribution in [-0.2, 0) is 29.0 Å². The van der Waals surface area contributed by atoms with Crippen molar-refractivity contribution in [2.24, 2.45) is 0 Å². The Morgan fingerprint density at radius 3 is 1.36 bits per heavy atom. The lowest BCUT2D eigenvalue weighted by atomic mass is 9.76. The molecule has 0 saturated carbocycles. The minimum Gasteiger partial charge on any atom is -0.399 e. The summed E-state index contributed by atoms with van der Waals surface area (Å²) in [5.74, 6) is 0. The molecule has 0 N–H and O–H groups in total. The molecule has 6 rings (SSSR count). The maximum atomic E-state index is 11.6. The van der Waals surface area contributed by atoms with E-state index >= 15 is 0 Å². The zero-order valence-corrected chi connectivity index (χ0v) is 43.5. The van der Waals surface area contributed by atoms with Crippen LogP contribution >= 0.6 is 68.0 Å². The van der Waals surface area contributed by atoms with Crippen molar-refractivity contribution in [2.75, 3.05) is 25.0 Å². The van der Waals surface area contributed by atoms with Crippen molar-refractivity contribution in [3.63, 3.8) is 0 Å². The Morgan fingerprint density at radius 2 is 0.983 bits per heavy atom. The number of sulfone groups is 2. The summed E-state index contributed by atoms with van der Waals surface area (Å²) in [5.41, 5.74) is 5.74. The Labute approximate surface area is 386 Å². The van der Waals surface area contributed by atoms with Crippen LogP contribution in [0, 0.1) is 34.6 Å². The molecule has 1 heterocycles. The predicted molar refractivity (Wildman–Crippen MR) is 264 cm³/mol. The Morgan fingerprint density at radius 1 is 0.559 bits per heavy atom. The second kappa shape index (κ2) is 23.4. The topological polar surface area (TPSA) is 86.7 Å². The van der Waals surface area contributed by atoms with Gasteiger partial charge in [0.15, 0.2) is 19.7 Å². The van der Waals surface area contributed by atoms with E-state index in [2.05, 4.69) is 126 Å². The largest absolute Gasteiger partial charge is 0.495 e. The van der Waals surface area contributed by atoms with E-state index < -0.39 is 38.0 Å². The first kappa shape index (κ1) is 53.1. The number of benzene rings is 5. The Bertz CT molecular complexity index is 2350. The SMILES string of the molecule is CSc1ccc(Br)c(C)c1.CSc1cccc(C)c1.Cc1cc(S(C)(=O)=O)ccc1B1OC(C)(C)C(C)(C)O1.Cc1cc(S(C)(=O)=O)ccc1Br.Cc1cccc(S)c1. The van der Waals surface area contributed by atoms with Gasteiger partial charge in [-0.05, 0) is 164 Å². The van der Waals surface area contributed by atoms with Crippen molar-refractivity contribution >= 4 is 100 Å². The van der Waals surface area contributed by atoms with Crippen LogP contribution in [0.5, 0.6) is 0 Å². The Balaban J connectivity index is 0.000000267. The van der Waals surface area contributed by atoms with Crippen LogP contribution < -0.4 is 5.46 Å². The fourth-order valence-corrected chi connectivity index (χ4v) is 8.29. The number of aryl methyl sites for hydroxylation is 5. The monoisotopic (exact) mass is 1020 g/mol. The van der Waals surface area contributed by atoms with E-state index in [1.807, 2.05) is 59.7 Å². The highest BCUT2D eigenvalue weighted by Crippen LogP contribution is 2.36. The highest BCUT2D eigenvalue weighted by Gasteiger charge is 2.52. The van der Waals surface area contributed by atoms with Crippen LogP contribution in [-0.4, -0.2) is 60.2 Å². The molecule has 1 saturated heterocycles. The maximum absolute atomic E-state index is 11.6. The minimum atomic E-state index is -3.19. The number of hydrogen-bond donors (Lipinski definition) is 1. The molecular formula is C45H57BBr2O6S5. The summed E-state index contributed by atoms with van der Waals surface area (Å²) in [6, 6.07) is 32.9. The zero-order valence-electron chi connectivity index (χ0n) is 36.2. The number of hydrogen-bond acceptors (Lipinski definition) is 9. The van der Waals surface area contributed by atoms with Gasteiger partial charge in [-0.3, -0.25) is 0 Å². The van der Waals surface area contributed by atoms with Crippen molar-refractivity contribution in [1.29, 1.82) is 0 Å². The molecule has 1 fully saturated rings. The molecule has 0 aliphatic carbocycles. The van der Waals surface area contributed by atoms with Crippen LogP contribution in [0.1, 0.15) is 55.5 Å². The molecule has 14 heteroatoms. The summed E-state index contributed by atoms with van der Waals surface area (Å²) in [6.07, 6.45) is 6.59. The van der Waals surface area contributed by atoms with Gasteiger partial charge < -0.3 is 9.31 Å². The van der Waals surface area contributed by atoms with Crippen molar-refractivity contribution in [2.45, 2.75) is 98.0 Å². The summed E-state index contributed by atoms with van der Waals surface area (Å²) in [7, 11) is -6.72. The van der Waals surface area contributed by atoms with Gasteiger partial charge in [0.25, 0.3) is 0 Å². The smallest absolute Gasteiger partial charge is 0.399 e. The van der Waals surface area contributed by atoms with Crippen molar-refractivity contribution in [1.82, 2.24) is 0 Å². The molecule has 0 amide bonds. The molecule has 0 spiro atoms. The van der Waals surface area contributed by atoms with E-state index in [1.165, 1.54) is 43.5 Å². The first-order valence-corrected chi connectivity index (χ1v) is 26.8. The second-order valence-electron chi connectivity index (χ2n) is 15.0. The van der Waals surface area contributed by atoms with Gasteiger partial charge in [-0.25, -0.2) is 16.8 Å². The minimum absolute atomic E-state index is 0.315. The van der Waals surface area contributed by atoms with E-state index in [4.69, 9.17) is 9.31 Å². The molecule has 5 aromatic rings. The van der Waals surface area contributed by atoms with Gasteiger partial charge in [0.1, 0.15) is 0 Å². The third kappa shape index (κ3) is 17.7. The first-order valence-electron chi connectivity index (χ1n) is 18.5. The molecule has 0 bridgehead atoms. The van der Waals surface area contributed by atoms with E-state index in [9.17, 15) is 16.8 Å². The lowest BCUT2D eigenvalue weighted by Crippen LogP contribution is -2.41. The normalized spacial score (nSPS) is 13.9. The summed E-state index contributed by atoms with van der Waals surface area (Å²) in [4.78, 5) is 4.37. The maximum Gasteiger partial charge on any atom is 0.495 e. The number of thiol groups is 1. The highest BCUT2D eigenvalue weighted by molar-refractivity contribution is 9.10. The molecule has 1 aliphatic heterocycles. The summed E-state index contributed by atoms with van der Waals surface area (Å²) in [6.45, 7) is 18.0. The fraction of sp³-hybridized carbons (Fsp3) is 0.333. The Kier molecular flexibility index (Phi) is 21.1. The van der Waals surface area contributed by atoms with Gasteiger partial charge in [-0.1, -0.05) is 78.9 Å². The predicted octanol–water partition coefficient (Wildman–Crippen LogP) is 12.3. The van der Waals surface area contributed by atoms with Crippen LogP contribution in [0.3, 0.4) is 0 Å². The molecule has 6 nitrogen and oxygen atoms in total. The van der Waals surface area contributed by atoms with Crippen LogP contribution in [0.2, 0.25) is 0 Å². The first-order chi connectivity index (χ1) is 27.2. The lowest BCUT2D eigenvalue weighted by molar-refractivity contribution is 0.00578. The molecular weight excluding hydrogens is 967 g/mol. The molecule has 0 unspecified atom stereocenters. The van der Waals surface area contributed by atoms with Crippen LogP contribution in [0.4, 0.5) is 0 Å². The fourth-order valence-electron chi connectivity index (χ4n) is 5.08. The standard InChI is InChI=1S/C14H21BO4S.C8H9BrO2S.C8H9BrS.C8H10S.C7H8S/c1-10-9-11(20(6,16)17)7-8-12(10)15-18-13(2,3)14(4,5)19-15;1-6-5-7(12(2,10)11)3-4-8(6)9;1-6-5-7(10-2)3-4-8(6)9;1-7-4-3-5-8(6-7)9-2;1-6-3-2-4-7(8)5-6/h7-9H,1-6H3;3-5H,1-2H3;3-5H,1-2H3;3-6H,1-2H3;2-5,8H,1H3. The Hall–Kier alpha value is -2.01. The number of halogens is 2. The van der Waals surface area contributed by atoms with Gasteiger partial charge in [0.2, 0.25) is 0 Å². The average Bonchev–Trinajstić information content (AvgIpc) is 3.36. The van der Waals surface area contributed by atoms with Gasteiger partial charge in [-0.15, -0.1) is 36.2 Å². The summed E-state index contributed by atoms with van der Waals surface area (Å²) in [5, 5.41) is 0. The quantitative estimate of drug-likeness (QED) is 0.106. The van der Waals surface area contributed by atoms with Crippen LogP contribution in [0.15, 0.2) is 137 Å². The number of thioether (sulfide) groups is 2. The average molecular weight is 1020 g/mol. The van der Waals surface area contributed by atoms with Crippen molar-refractivity contribution in [3.05, 3.63) is 140 Å². The van der Waals surface area contributed by atoms with E-state index in [-0.39, 0.29) is 0 Å². The van der Waals surface area contributed by atoms with E-state index in [0.29, 0.717) is 9.79 Å². The molecule has 0 atom stereocenters. The molecule has 0 radical (unpaired) electrons. The molecule has 1 aliphatic rings. The van der Waals surface area contributed by atoms with Crippen molar-refractivity contribution < 1.29 is 26.1 Å². The van der Waals surface area contributed by atoms with Gasteiger partial charge in [-0.2, -0.15) is 0 Å². The molecule has 0 aromatic heterocycles. The van der Waals surface area contributed by atoms with E-state index in [1.54, 1.807) is 59.9 Å². The third-order valence-corrected chi connectivity index (χ3v) is 15.1. The van der Waals surface area contributed by atoms with Crippen molar-refractivity contribution in [3.8, 4) is 0 Å². The molecule has 320 valence electrons. The molecule has 59 heavy (non-hydrogen) atoms. The van der Waals surface area contributed by atoms with Crippen LogP contribution in [0.25, 0.3) is 0 Å².